The molecule has 4 aromatic rings. The van der Waals surface area contributed by atoms with Crippen LogP contribution in [0, 0.1) is 13.8 Å². The first-order valence-corrected chi connectivity index (χ1v) is 11.7. The predicted molar refractivity (Wildman–Crippen MR) is 132 cm³/mol. The molecule has 0 atom stereocenters. The summed E-state index contributed by atoms with van der Waals surface area (Å²) in [6.07, 6.45) is 5.10. The fraction of sp³-hybridized carbons (Fsp3) is 0.333. The Morgan fingerprint density at radius 1 is 1.06 bits per heavy atom. The van der Waals surface area contributed by atoms with E-state index in [0.717, 1.165) is 17.0 Å². The average molecular weight is 498 g/mol. The number of hydrogen-bond donors (Lipinski definition) is 1. The number of anilines is 1. The summed E-state index contributed by atoms with van der Waals surface area (Å²) in [7, 11) is 0. The van der Waals surface area contributed by atoms with E-state index in [1.165, 1.54) is 0 Å². The van der Waals surface area contributed by atoms with Gasteiger partial charge in [0.2, 0.25) is 0 Å². The minimum absolute atomic E-state index is 0.290. The minimum atomic E-state index is -0.325. The van der Waals surface area contributed by atoms with Crippen LogP contribution in [-0.4, -0.2) is 48.5 Å². The Morgan fingerprint density at radius 3 is 2.54 bits per heavy atom. The number of nitrogens with zero attached hydrogens (tertiary/aromatic N) is 6. The lowest BCUT2D eigenvalue weighted by Crippen LogP contribution is -2.15. The van der Waals surface area contributed by atoms with Gasteiger partial charge in [0.15, 0.2) is 17.2 Å². The lowest BCUT2D eigenvalue weighted by Gasteiger charge is -2.12. The Bertz CT molecular complexity index is 1320. The highest BCUT2D eigenvalue weighted by Crippen LogP contribution is 2.29. The molecule has 184 valence electrons. The van der Waals surface area contributed by atoms with E-state index in [4.69, 9.17) is 21.1 Å². The third kappa shape index (κ3) is 5.65. The molecule has 0 aliphatic heterocycles. The number of ether oxygens (including phenoxy) is 2. The van der Waals surface area contributed by atoms with Crippen molar-refractivity contribution in [1.82, 2.24) is 29.3 Å². The van der Waals surface area contributed by atoms with Crippen molar-refractivity contribution >= 4 is 23.2 Å². The predicted octanol–water partition coefficient (Wildman–Crippen LogP) is 4.15. The van der Waals surface area contributed by atoms with Gasteiger partial charge in [-0.1, -0.05) is 17.7 Å². The molecule has 0 fully saturated rings. The van der Waals surface area contributed by atoms with Crippen molar-refractivity contribution in [2.75, 3.05) is 18.5 Å². The Kier molecular flexibility index (Phi) is 7.40. The lowest BCUT2D eigenvalue weighted by atomic mass is 10.2. The van der Waals surface area contributed by atoms with E-state index < -0.39 is 0 Å². The van der Waals surface area contributed by atoms with Crippen LogP contribution >= 0.6 is 11.6 Å². The Morgan fingerprint density at radius 2 is 1.83 bits per heavy atom. The van der Waals surface area contributed by atoms with E-state index in [9.17, 15) is 4.79 Å². The SMILES string of the molecule is CCOc1ccc(Cn2cc(NC(=O)c3ccn(Cn4nc(C)c(Cl)c4C)n3)cn2)cc1OCC. The summed E-state index contributed by atoms with van der Waals surface area (Å²) in [6.45, 7) is 9.60. The van der Waals surface area contributed by atoms with Crippen molar-refractivity contribution in [3.05, 3.63) is 70.5 Å². The van der Waals surface area contributed by atoms with Crippen LogP contribution in [0.1, 0.15) is 41.3 Å². The fourth-order valence-electron chi connectivity index (χ4n) is 3.60. The van der Waals surface area contributed by atoms with E-state index in [2.05, 4.69) is 20.6 Å². The number of halogens is 1. The van der Waals surface area contributed by atoms with Gasteiger partial charge in [0, 0.05) is 12.4 Å². The molecule has 1 amide bonds. The zero-order valence-corrected chi connectivity index (χ0v) is 20.9. The number of rotatable bonds is 10. The molecule has 4 rings (SSSR count). The number of benzene rings is 1. The summed E-state index contributed by atoms with van der Waals surface area (Å²) in [6, 6.07) is 7.46. The van der Waals surface area contributed by atoms with E-state index >= 15 is 0 Å². The van der Waals surface area contributed by atoms with Gasteiger partial charge in [-0.05, 0) is 51.5 Å². The summed E-state index contributed by atoms with van der Waals surface area (Å²) in [4.78, 5) is 12.7. The number of aromatic nitrogens is 6. The Hall–Kier alpha value is -3.79. The van der Waals surface area contributed by atoms with Crippen LogP contribution in [0.25, 0.3) is 0 Å². The molecule has 0 aliphatic carbocycles. The average Bonchev–Trinajstić information content (AvgIpc) is 3.54. The second-order valence-corrected chi connectivity index (χ2v) is 8.27. The van der Waals surface area contributed by atoms with Crippen LogP contribution in [0.2, 0.25) is 5.02 Å². The van der Waals surface area contributed by atoms with E-state index in [1.807, 2.05) is 45.9 Å². The summed E-state index contributed by atoms with van der Waals surface area (Å²) in [5.41, 5.74) is 3.47. The van der Waals surface area contributed by atoms with Gasteiger partial charge in [-0.2, -0.15) is 15.3 Å². The standard InChI is InChI=1S/C24H28ClN7O3/c1-5-34-21-8-7-18(11-22(21)35-6-2)13-31-14-19(12-26-31)27-24(33)20-9-10-30(29-20)15-32-17(4)23(25)16(3)28-32/h7-12,14H,5-6,13,15H2,1-4H3,(H,27,33). The van der Waals surface area contributed by atoms with Crippen molar-refractivity contribution < 1.29 is 14.3 Å². The number of carbonyl (C=O) groups excluding carboxylic acids is 1. The molecule has 0 spiro atoms. The summed E-state index contributed by atoms with van der Waals surface area (Å²) in [5.74, 6) is 1.09. The van der Waals surface area contributed by atoms with Crippen LogP contribution in [-0.2, 0) is 13.2 Å². The summed E-state index contributed by atoms with van der Waals surface area (Å²) >= 11 is 6.21. The first-order valence-electron chi connectivity index (χ1n) is 11.3. The Labute approximate surface area is 208 Å². The maximum atomic E-state index is 12.7. The topological polar surface area (TPSA) is 101 Å². The zero-order chi connectivity index (χ0) is 24.9. The van der Waals surface area contributed by atoms with Crippen LogP contribution < -0.4 is 14.8 Å². The molecule has 1 aromatic carbocycles. The van der Waals surface area contributed by atoms with Crippen LogP contribution in [0.4, 0.5) is 5.69 Å². The van der Waals surface area contributed by atoms with Crippen molar-refractivity contribution in [2.45, 2.75) is 40.9 Å². The second kappa shape index (κ2) is 10.6. The van der Waals surface area contributed by atoms with E-state index in [0.29, 0.717) is 54.3 Å². The highest BCUT2D eigenvalue weighted by atomic mass is 35.5. The van der Waals surface area contributed by atoms with E-state index in [1.54, 1.807) is 38.7 Å². The molecule has 1 N–H and O–H groups in total. The molecule has 35 heavy (non-hydrogen) atoms. The number of hydrogen-bond acceptors (Lipinski definition) is 6. The first kappa shape index (κ1) is 24.3. The molecule has 0 aliphatic rings. The van der Waals surface area contributed by atoms with Crippen molar-refractivity contribution in [3.8, 4) is 11.5 Å². The Balaban J connectivity index is 1.39. The lowest BCUT2D eigenvalue weighted by molar-refractivity contribution is 0.102. The second-order valence-electron chi connectivity index (χ2n) is 7.89. The van der Waals surface area contributed by atoms with Gasteiger partial charge in [-0.25, -0.2) is 4.68 Å². The van der Waals surface area contributed by atoms with Gasteiger partial charge in [0.1, 0.15) is 6.67 Å². The van der Waals surface area contributed by atoms with Crippen LogP contribution in [0.3, 0.4) is 0 Å². The highest BCUT2D eigenvalue weighted by Gasteiger charge is 2.14. The van der Waals surface area contributed by atoms with Gasteiger partial charge in [0.05, 0.1) is 48.1 Å². The molecule has 0 radical (unpaired) electrons. The summed E-state index contributed by atoms with van der Waals surface area (Å²) in [5, 5.41) is 16.6. The van der Waals surface area contributed by atoms with Crippen LogP contribution in [0.5, 0.6) is 11.5 Å². The van der Waals surface area contributed by atoms with Crippen molar-refractivity contribution in [1.29, 1.82) is 0 Å². The van der Waals surface area contributed by atoms with Gasteiger partial charge < -0.3 is 14.8 Å². The molecular formula is C24H28ClN7O3. The van der Waals surface area contributed by atoms with Crippen molar-refractivity contribution in [3.63, 3.8) is 0 Å². The maximum Gasteiger partial charge on any atom is 0.276 e. The molecule has 0 saturated heterocycles. The fourth-order valence-corrected chi connectivity index (χ4v) is 3.74. The third-order valence-electron chi connectivity index (χ3n) is 5.29. The highest BCUT2D eigenvalue weighted by molar-refractivity contribution is 6.31. The monoisotopic (exact) mass is 497 g/mol. The molecule has 3 heterocycles. The first-order chi connectivity index (χ1) is 16.9. The number of nitrogens with one attached hydrogen (secondary N) is 1. The normalized spacial score (nSPS) is 11.0. The quantitative estimate of drug-likeness (QED) is 0.353. The number of carbonyl (C=O) groups is 1. The maximum absolute atomic E-state index is 12.7. The third-order valence-corrected chi connectivity index (χ3v) is 5.84. The van der Waals surface area contributed by atoms with Gasteiger partial charge in [0.25, 0.3) is 5.91 Å². The zero-order valence-electron chi connectivity index (χ0n) is 20.2. The molecular weight excluding hydrogens is 470 g/mol. The van der Waals surface area contributed by atoms with Crippen LogP contribution in [0.15, 0.2) is 42.9 Å². The smallest absolute Gasteiger partial charge is 0.276 e. The molecule has 10 nitrogen and oxygen atoms in total. The van der Waals surface area contributed by atoms with Gasteiger partial charge in [-0.15, -0.1) is 0 Å². The summed E-state index contributed by atoms with van der Waals surface area (Å²) < 4.78 is 16.4. The number of aryl methyl sites for hydroxylation is 1. The number of amides is 1. The largest absolute Gasteiger partial charge is 0.490 e. The van der Waals surface area contributed by atoms with Gasteiger partial charge in [-0.3, -0.25) is 14.2 Å². The molecule has 0 unspecified atom stereocenters. The minimum Gasteiger partial charge on any atom is -0.490 e. The molecule has 3 aromatic heterocycles. The molecule has 11 heteroatoms. The van der Waals surface area contributed by atoms with Gasteiger partial charge >= 0.3 is 0 Å². The molecule has 0 saturated carbocycles. The molecule has 0 bridgehead atoms. The van der Waals surface area contributed by atoms with Crippen molar-refractivity contribution in [2.24, 2.45) is 0 Å². The van der Waals surface area contributed by atoms with E-state index in [-0.39, 0.29) is 5.91 Å².